The second-order valence-electron chi connectivity index (χ2n) is 3.97. The van der Waals surface area contributed by atoms with Gasteiger partial charge in [0.1, 0.15) is 5.75 Å². The highest BCUT2D eigenvalue weighted by Crippen LogP contribution is 2.23. The van der Waals surface area contributed by atoms with Gasteiger partial charge in [-0.15, -0.1) is 0 Å². The second kappa shape index (κ2) is 7.08. The summed E-state index contributed by atoms with van der Waals surface area (Å²) in [6.45, 7) is 3.14. The van der Waals surface area contributed by atoms with Crippen LogP contribution in [0, 0.1) is 0 Å². The van der Waals surface area contributed by atoms with Crippen molar-refractivity contribution in [1.29, 1.82) is 0 Å². The summed E-state index contributed by atoms with van der Waals surface area (Å²) in [5.41, 5.74) is 4.68. The molecule has 0 aliphatic rings. The van der Waals surface area contributed by atoms with Crippen molar-refractivity contribution < 1.29 is 13.5 Å². The molecule has 5 heteroatoms. The van der Waals surface area contributed by atoms with E-state index in [1.54, 1.807) is 12.1 Å². The van der Waals surface area contributed by atoms with E-state index in [4.69, 9.17) is 5.84 Å². The van der Waals surface area contributed by atoms with Gasteiger partial charge < -0.3 is 4.74 Å². The summed E-state index contributed by atoms with van der Waals surface area (Å²) in [6.07, 6.45) is 1.59. The molecule has 1 aromatic rings. The van der Waals surface area contributed by atoms with Gasteiger partial charge in [0.25, 0.3) is 0 Å². The molecule has 0 spiro atoms. The summed E-state index contributed by atoms with van der Waals surface area (Å²) >= 11 is 0. The third-order valence-electron chi connectivity index (χ3n) is 2.70. The van der Waals surface area contributed by atoms with Gasteiger partial charge in [0.15, 0.2) is 0 Å². The van der Waals surface area contributed by atoms with Crippen LogP contribution in [0.1, 0.15) is 31.4 Å². The van der Waals surface area contributed by atoms with Crippen LogP contribution in [-0.4, -0.2) is 6.61 Å². The van der Waals surface area contributed by atoms with Crippen molar-refractivity contribution in [3.8, 4) is 5.75 Å². The van der Waals surface area contributed by atoms with Gasteiger partial charge in [0.05, 0.1) is 0 Å². The minimum Gasteiger partial charge on any atom is -0.435 e. The molecule has 0 heterocycles. The molecule has 1 atom stereocenters. The maximum atomic E-state index is 12.0. The molecular formula is C13H18F2N2O. The molecular weight excluding hydrogens is 238 g/mol. The minimum atomic E-state index is -2.81. The van der Waals surface area contributed by atoms with Gasteiger partial charge in [-0.2, -0.15) is 8.78 Å². The topological polar surface area (TPSA) is 47.3 Å². The average Bonchev–Trinajstić information content (AvgIpc) is 2.36. The Labute approximate surface area is 106 Å². The lowest BCUT2D eigenvalue weighted by molar-refractivity contribution is -0.0498. The first-order chi connectivity index (χ1) is 8.56. The molecule has 1 aromatic carbocycles. The number of hydrazine groups is 1. The van der Waals surface area contributed by atoms with Crippen molar-refractivity contribution in [2.24, 2.45) is 5.84 Å². The van der Waals surface area contributed by atoms with Crippen LogP contribution in [0.5, 0.6) is 5.75 Å². The molecule has 0 fully saturated rings. The lowest BCUT2D eigenvalue weighted by atomic mass is 9.99. The lowest BCUT2D eigenvalue weighted by Crippen LogP contribution is -2.28. The Morgan fingerprint density at radius 3 is 2.44 bits per heavy atom. The smallest absolute Gasteiger partial charge is 0.387 e. The minimum absolute atomic E-state index is 0.0713. The zero-order chi connectivity index (χ0) is 13.5. The fourth-order valence-corrected chi connectivity index (χ4v) is 1.59. The first-order valence-electron chi connectivity index (χ1n) is 5.74. The molecule has 0 aromatic heterocycles. The normalized spacial score (nSPS) is 12.5. The third kappa shape index (κ3) is 4.43. The number of hydrogen-bond donors (Lipinski definition) is 2. The predicted molar refractivity (Wildman–Crippen MR) is 67.2 cm³/mol. The van der Waals surface area contributed by atoms with E-state index in [9.17, 15) is 8.78 Å². The van der Waals surface area contributed by atoms with Gasteiger partial charge in [-0.05, 0) is 30.5 Å². The van der Waals surface area contributed by atoms with Crippen LogP contribution < -0.4 is 16.0 Å². The molecule has 3 nitrogen and oxygen atoms in total. The lowest BCUT2D eigenvalue weighted by Gasteiger charge is -2.17. The summed E-state index contributed by atoms with van der Waals surface area (Å²) in [7, 11) is 0. The van der Waals surface area contributed by atoms with Gasteiger partial charge in [-0.25, -0.2) is 0 Å². The quantitative estimate of drug-likeness (QED) is 0.447. The largest absolute Gasteiger partial charge is 0.435 e. The standard InChI is InChI=1S/C13H18F2N2O/c1-3-9(2)8-12(17-16)10-4-6-11(7-5-10)18-13(14)15/h4-7,12-13,17H,2-3,8,16H2,1H3. The fraction of sp³-hybridized carbons (Fsp3) is 0.385. The van der Waals surface area contributed by atoms with Crippen LogP contribution in [0.2, 0.25) is 0 Å². The summed E-state index contributed by atoms with van der Waals surface area (Å²) < 4.78 is 28.3. The zero-order valence-electron chi connectivity index (χ0n) is 10.3. The Bertz CT molecular complexity index is 379. The molecule has 0 radical (unpaired) electrons. The summed E-state index contributed by atoms with van der Waals surface area (Å²) in [5.74, 6) is 5.62. The number of benzene rings is 1. The molecule has 3 N–H and O–H groups in total. The Morgan fingerprint density at radius 2 is 2.00 bits per heavy atom. The van der Waals surface area contributed by atoms with Gasteiger partial charge in [-0.3, -0.25) is 11.3 Å². The van der Waals surface area contributed by atoms with Crippen molar-refractivity contribution in [3.05, 3.63) is 42.0 Å². The van der Waals surface area contributed by atoms with E-state index in [0.29, 0.717) is 6.42 Å². The molecule has 0 aliphatic carbocycles. The van der Waals surface area contributed by atoms with E-state index in [1.807, 2.05) is 6.92 Å². The second-order valence-corrected chi connectivity index (χ2v) is 3.97. The highest BCUT2D eigenvalue weighted by atomic mass is 19.3. The molecule has 0 saturated carbocycles. The maximum Gasteiger partial charge on any atom is 0.387 e. The van der Waals surface area contributed by atoms with Crippen LogP contribution in [-0.2, 0) is 0 Å². The first kappa shape index (κ1) is 14.6. The van der Waals surface area contributed by atoms with Crippen molar-refractivity contribution >= 4 is 0 Å². The van der Waals surface area contributed by atoms with E-state index in [1.165, 1.54) is 12.1 Å². The van der Waals surface area contributed by atoms with Crippen LogP contribution in [0.4, 0.5) is 8.78 Å². The highest BCUT2D eigenvalue weighted by molar-refractivity contribution is 5.29. The van der Waals surface area contributed by atoms with Crippen LogP contribution in [0.25, 0.3) is 0 Å². The Balaban J connectivity index is 2.72. The molecule has 0 aliphatic heterocycles. The van der Waals surface area contributed by atoms with Gasteiger partial charge in [-0.1, -0.05) is 31.2 Å². The fourth-order valence-electron chi connectivity index (χ4n) is 1.59. The summed E-state index contributed by atoms with van der Waals surface area (Å²) in [6, 6.07) is 6.36. The molecule has 0 amide bonds. The number of rotatable bonds is 7. The highest BCUT2D eigenvalue weighted by Gasteiger charge is 2.11. The van der Waals surface area contributed by atoms with Crippen molar-refractivity contribution in [3.63, 3.8) is 0 Å². The zero-order valence-corrected chi connectivity index (χ0v) is 10.3. The Morgan fingerprint density at radius 1 is 1.39 bits per heavy atom. The van der Waals surface area contributed by atoms with Gasteiger partial charge >= 0.3 is 6.61 Å². The van der Waals surface area contributed by atoms with Crippen molar-refractivity contribution in [2.75, 3.05) is 0 Å². The number of halogens is 2. The molecule has 18 heavy (non-hydrogen) atoms. The number of ether oxygens (including phenoxy) is 1. The molecule has 1 unspecified atom stereocenters. The van der Waals surface area contributed by atoms with E-state index in [-0.39, 0.29) is 11.8 Å². The third-order valence-corrected chi connectivity index (χ3v) is 2.70. The number of alkyl halides is 2. The molecule has 0 bridgehead atoms. The average molecular weight is 256 g/mol. The summed E-state index contributed by atoms with van der Waals surface area (Å²) in [5, 5.41) is 0. The number of hydrogen-bond acceptors (Lipinski definition) is 3. The van der Waals surface area contributed by atoms with Crippen molar-refractivity contribution in [2.45, 2.75) is 32.4 Å². The van der Waals surface area contributed by atoms with E-state index >= 15 is 0 Å². The monoisotopic (exact) mass is 256 g/mol. The molecule has 1 rings (SSSR count). The maximum absolute atomic E-state index is 12.0. The van der Waals surface area contributed by atoms with Crippen LogP contribution in [0.3, 0.4) is 0 Å². The van der Waals surface area contributed by atoms with Gasteiger partial charge in [0.2, 0.25) is 0 Å². The SMILES string of the molecule is C=C(CC)CC(NN)c1ccc(OC(F)F)cc1. The molecule has 0 saturated heterocycles. The van der Waals surface area contributed by atoms with Crippen molar-refractivity contribution in [1.82, 2.24) is 5.43 Å². The Kier molecular flexibility index (Phi) is 5.74. The van der Waals surface area contributed by atoms with E-state index < -0.39 is 6.61 Å². The number of nitrogens with one attached hydrogen (secondary N) is 1. The predicted octanol–water partition coefficient (Wildman–Crippen LogP) is 3.15. The number of nitrogens with two attached hydrogens (primary N) is 1. The van der Waals surface area contributed by atoms with Crippen LogP contribution >= 0.6 is 0 Å². The van der Waals surface area contributed by atoms with Crippen LogP contribution in [0.15, 0.2) is 36.4 Å². The molecule has 100 valence electrons. The Hall–Kier alpha value is -1.46. The van der Waals surface area contributed by atoms with E-state index in [0.717, 1.165) is 17.6 Å². The summed E-state index contributed by atoms with van der Waals surface area (Å²) in [4.78, 5) is 0. The van der Waals surface area contributed by atoms with E-state index in [2.05, 4.69) is 16.7 Å². The van der Waals surface area contributed by atoms with Gasteiger partial charge in [0, 0.05) is 6.04 Å². The first-order valence-corrected chi connectivity index (χ1v) is 5.74.